The minimum atomic E-state index is -2.83. The molecule has 1 heterocycles. The highest BCUT2D eigenvalue weighted by atomic mass is 19.3. The fraction of sp³-hybridized carbons (Fsp3) is 0.435. The predicted octanol–water partition coefficient (Wildman–Crippen LogP) is 4.06. The summed E-state index contributed by atoms with van der Waals surface area (Å²) in [5.74, 6) is -2.46. The first-order valence-electron chi connectivity index (χ1n) is 10.1. The highest BCUT2D eigenvalue weighted by Crippen LogP contribution is 2.41. The van der Waals surface area contributed by atoms with Crippen LogP contribution in [0.25, 0.3) is 0 Å². The van der Waals surface area contributed by atoms with Crippen molar-refractivity contribution in [3.8, 4) is 11.8 Å². The van der Waals surface area contributed by atoms with E-state index in [0.29, 0.717) is 30.7 Å². The fourth-order valence-electron chi connectivity index (χ4n) is 4.71. The zero-order valence-electron chi connectivity index (χ0n) is 16.5. The molecule has 158 valence electrons. The SMILES string of the molecule is N#Cc1ccc(OC2CC(c3ccc(F)cc3)CC2N2C[C@@H](N)CC(F)(F)C2)cc1. The second-order valence-electron chi connectivity index (χ2n) is 8.33. The number of halogens is 3. The Labute approximate surface area is 174 Å². The maximum atomic E-state index is 14.2. The van der Waals surface area contributed by atoms with Crippen molar-refractivity contribution in [3.63, 3.8) is 0 Å². The van der Waals surface area contributed by atoms with Crippen molar-refractivity contribution in [2.45, 2.75) is 49.3 Å². The van der Waals surface area contributed by atoms with Gasteiger partial charge < -0.3 is 10.5 Å². The molecule has 2 aliphatic rings. The molecule has 7 heteroatoms. The van der Waals surface area contributed by atoms with Crippen LogP contribution in [0.15, 0.2) is 48.5 Å². The van der Waals surface area contributed by atoms with Gasteiger partial charge in [0.25, 0.3) is 5.92 Å². The Kier molecular flexibility index (Phi) is 5.72. The van der Waals surface area contributed by atoms with Crippen molar-refractivity contribution >= 4 is 0 Å². The van der Waals surface area contributed by atoms with Crippen molar-refractivity contribution in [1.29, 1.82) is 5.26 Å². The Morgan fingerprint density at radius 3 is 2.40 bits per heavy atom. The molecule has 2 N–H and O–H groups in total. The molecule has 4 rings (SSSR count). The summed E-state index contributed by atoms with van der Waals surface area (Å²) >= 11 is 0. The Morgan fingerprint density at radius 2 is 1.77 bits per heavy atom. The van der Waals surface area contributed by atoms with E-state index in [1.807, 2.05) is 0 Å². The minimum absolute atomic E-state index is 0.0748. The largest absolute Gasteiger partial charge is 0.489 e. The zero-order chi connectivity index (χ0) is 21.3. The maximum absolute atomic E-state index is 14.2. The van der Waals surface area contributed by atoms with Crippen molar-refractivity contribution in [1.82, 2.24) is 4.90 Å². The lowest BCUT2D eigenvalue weighted by molar-refractivity contribution is -0.0894. The predicted molar refractivity (Wildman–Crippen MR) is 107 cm³/mol. The summed E-state index contributed by atoms with van der Waals surface area (Å²) in [4.78, 5) is 1.76. The number of piperidine rings is 1. The molecule has 0 amide bonds. The number of benzene rings is 2. The molecule has 30 heavy (non-hydrogen) atoms. The highest BCUT2D eigenvalue weighted by molar-refractivity contribution is 5.35. The summed E-state index contributed by atoms with van der Waals surface area (Å²) < 4.78 is 48.0. The van der Waals surface area contributed by atoms with Crippen LogP contribution in [0.5, 0.6) is 5.75 Å². The summed E-state index contributed by atoms with van der Waals surface area (Å²) in [6.45, 7) is 0.0539. The first-order chi connectivity index (χ1) is 14.3. The average molecular weight is 415 g/mol. The zero-order valence-corrected chi connectivity index (χ0v) is 16.5. The molecule has 3 unspecified atom stereocenters. The number of rotatable bonds is 4. The van der Waals surface area contributed by atoms with Crippen LogP contribution < -0.4 is 10.5 Å². The van der Waals surface area contributed by atoms with E-state index in [1.54, 1.807) is 41.3 Å². The van der Waals surface area contributed by atoms with Gasteiger partial charge in [0.05, 0.1) is 18.2 Å². The molecule has 1 aliphatic heterocycles. The molecule has 1 aliphatic carbocycles. The van der Waals surface area contributed by atoms with Crippen molar-refractivity contribution in [2.75, 3.05) is 13.1 Å². The van der Waals surface area contributed by atoms with Gasteiger partial charge >= 0.3 is 0 Å². The molecule has 1 saturated carbocycles. The normalized spacial score (nSPS) is 28.8. The van der Waals surface area contributed by atoms with Gasteiger partial charge in [-0.3, -0.25) is 4.90 Å². The van der Waals surface area contributed by atoms with E-state index in [4.69, 9.17) is 15.7 Å². The third-order valence-corrected chi connectivity index (χ3v) is 6.02. The van der Waals surface area contributed by atoms with Crippen molar-refractivity contribution in [3.05, 3.63) is 65.5 Å². The number of hydrogen-bond acceptors (Lipinski definition) is 4. The van der Waals surface area contributed by atoms with Crippen molar-refractivity contribution in [2.24, 2.45) is 5.73 Å². The summed E-state index contributed by atoms with van der Waals surface area (Å²) in [6, 6.07) is 14.4. The Balaban J connectivity index is 1.58. The van der Waals surface area contributed by atoms with E-state index in [0.717, 1.165) is 5.56 Å². The van der Waals surface area contributed by atoms with E-state index in [2.05, 4.69) is 6.07 Å². The number of alkyl halides is 2. The molecule has 0 aromatic heterocycles. The van der Waals surface area contributed by atoms with Gasteiger partial charge in [-0.2, -0.15) is 5.26 Å². The lowest BCUT2D eigenvalue weighted by atomic mass is 9.96. The number of nitrogens with two attached hydrogens (primary N) is 1. The van der Waals surface area contributed by atoms with Gasteiger partial charge in [-0.1, -0.05) is 12.1 Å². The molecule has 1 saturated heterocycles. The standard InChI is InChI=1S/C23H24F3N3O/c24-18-5-3-16(4-6-18)17-9-21(29-13-19(28)11-23(25,26)14-29)22(10-17)30-20-7-1-15(12-27)2-8-20/h1-8,17,19,21-22H,9-11,13-14,28H2/t17?,19-,21?,22?/m0/s1. The van der Waals surface area contributed by atoms with Crippen LogP contribution in [0.3, 0.4) is 0 Å². The van der Waals surface area contributed by atoms with Gasteiger partial charge in [0.2, 0.25) is 0 Å². The summed E-state index contributed by atoms with van der Waals surface area (Å²) in [7, 11) is 0. The van der Waals surface area contributed by atoms with E-state index in [1.165, 1.54) is 12.1 Å². The molecular weight excluding hydrogens is 391 g/mol. The summed E-state index contributed by atoms with van der Waals surface area (Å²) in [5, 5.41) is 8.97. The number of likely N-dealkylation sites (tertiary alicyclic amines) is 1. The van der Waals surface area contributed by atoms with Gasteiger partial charge in [-0.25, -0.2) is 13.2 Å². The molecule has 4 atom stereocenters. The van der Waals surface area contributed by atoms with Gasteiger partial charge in [-0.05, 0) is 60.7 Å². The quantitative estimate of drug-likeness (QED) is 0.818. The second kappa shape index (κ2) is 8.29. The molecule has 2 fully saturated rings. The number of nitriles is 1. The third kappa shape index (κ3) is 4.61. The van der Waals surface area contributed by atoms with Crippen LogP contribution in [-0.2, 0) is 0 Å². The highest BCUT2D eigenvalue weighted by Gasteiger charge is 2.47. The smallest absolute Gasteiger partial charge is 0.262 e. The molecule has 2 aromatic carbocycles. The van der Waals surface area contributed by atoms with E-state index in [9.17, 15) is 13.2 Å². The van der Waals surface area contributed by atoms with E-state index < -0.39 is 12.0 Å². The van der Waals surface area contributed by atoms with Crippen LogP contribution in [0.4, 0.5) is 13.2 Å². The van der Waals surface area contributed by atoms with E-state index >= 15 is 0 Å². The molecule has 0 radical (unpaired) electrons. The molecule has 2 aromatic rings. The Morgan fingerprint density at radius 1 is 1.07 bits per heavy atom. The van der Waals surface area contributed by atoms with Crippen LogP contribution in [-0.4, -0.2) is 42.1 Å². The first-order valence-corrected chi connectivity index (χ1v) is 10.1. The number of ether oxygens (including phenoxy) is 1. The monoisotopic (exact) mass is 415 g/mol. The van der Waals surface area contributed by atoms with Gasteiger partial charge in [0.1, 0.15) is 17.7 Å². The van der Waals surface area contributed by atoms with Crippen molar-refractivity contribution < 1.29 is 17.9 Å². The Bertz CT molecular complexity index is 911. The van der Waals surface area contributed by atoms with Crippen LogP contribution >= 0.6 is 0 Å². The summed E-state index contributed by atoms with van der Waals surface area (Å²) in [5.41, 5.74) is 7.42. The lowest BCUT2D eigenvalue weighted by Gasteiger charge is -2.41. The van der Waals surface area contributed by atoms with Gasteiger partial charge in [0.15, 0.2) is 0 Å². The Hall–Kier alpha value is -2.56. The molecule has 0 spiro atoms. The van der Waals surface area contributed by atoms with Crippen LogP contribution in [0, 0.1) is 17.1 Å². The molecular formula is C23H24F3N3O. The number of nitrogens with zero attached hydrogens (tertiary/aromatic N) is 2. The average Bonchev–Trinajstić information content (AvgIpc) is 3.11. The van der Waals surface area contributed by atoms with Crippen LogP contribution in [0.1, 0.15) is 36.3 Å². The number of hydrogen-bond donors (Lipinski definition) is 1. The first kappa shape index (κ1) is 20.7. The fourth-order valence-corrected chi connectivity index (χ4v) is 4.71. The minimum Gasteiger partial charge on any atom is -0.489 e. The topological polar surface area (TPSA) is 62.3 Å². The summed E-state index contributed by atoms with van der Waals surface area (Å²) in [6.07, 6.45) is 0.649. The van der Waals surface area contributed by atoms with Gasteiger partial charge in [0, 0.05) is 25.0 Å². The molecule has 4 nitrogen and oxygen atoms in total. The second-order valence-corrected chi connectivity index (χ2v) is 8.33. The van der Waals surface area contributed by atoms with Crippen LogP contribution in [0.2, 0.25) is 0 Å². The lowest BCUT2D eigenvalue weighted by Crippen LogP contribution is -2.57. The third-order valence-electron chi connectivity index (χ3n) is 6.02. The maximum Gasteiger partial charge on any atom is 0.262 e. The molecule has 0 bridgehead atoms. The van der Waals surface area contributed by atoms with E-state index in [-0.39, 0.29) is 36.8 Å². The van der Waals surface area contributed by atoms with Gasteiger partial charge in [-0.15, -0.1) is 0 Å².